The van der Waals surface area contributed by atoms with Crippen LogP contribution in [0.1, 0.15) is 51.1 Å². The first-order valence-corrected chi connectivity index (χ1v) is 11.5. The number of fused-ring (bicyclic) bond motifs is 3. The molecular formula is C24H29FN4O2. The van der Waals surface area contributed by atoms with E-state index in [1.54, 1.807) is 12.1 Å². The van der Waals surface area contributed by atoms with Crippen LogP contribution in [-0.2, 0) is 9.59 Å². The Kier molecular flexibility index (Phi) is 5.01. The highest BCUT2D eigenvalue weighted by atomic mass is 19.1. The smallest absolute Gasteiger partial charge is 0.240 e. The molecule has 7 atom stereocenters. The number of carbonyl (C=O) groups excluding carboxylic acids is 2. The Hall–Kier alpha value is -2.46. The number of rotatable bonds is 6. The molecule has 1 aromatic rings. The van der Waals surface area contributed by atoms with Crippen LogP contribution < -0.4 is 0 Å². The first-order chi connectivity index (χ1) is 14.9. The summed E-state index contributed by atoms with van der Waals surface area (Å²) < 4.78 is 13.3. The molecule has 2 amide bonds. The molecule has 1 aliphatic carbocycles. The van der Waals surface area contributed by atoms with Crippen molar-refractivity contribution in [3.63, 3.8) is 0 Å². The van der Waals surface area contributed by atoms with E-state index in [2.05, 4.69) is 17.9 Å². The Balaban J connectivity index is 1.25. The van der Waals surface area contributed by atoms with Crippen molar-refractivity contribution >= 4 is 11.8 Å². The van der Waals surface area contributed by atoms with E-state index in [-0.39, 0.29) is 53.8 Å². The van der Waals surface area contributed by atoms with Crippen LogP contribution in [0.2, 0.25) is 0 Å². The van der Waals surface area contributed by atoms with Gasteiger partial charge in [0, 0.05) is 31.1 Å². The second kappa shape index (κ2) is 7.59. The largest absolute Gasteiger partial charge is 0.330 e. The summed E-state index contributed by atoms with van der Waals surface area (Å²) in [5.74, 6) is 0.185. The quantitative estimate of drug-likeness (QED) is 0.704. The number of nitrogens with zero attached hydrogens (tertiary/aromatic N) is 4. The van der Waals surface area contributed by atoms with Gasteiger partial charge in [-0.1, -0.05) is 26.0 Å². The van der Waals surface area contributed by atoms with Crippen LogP contribution in [-0.4, -0.2) is 63.8 Å². The zero-order chi connectivity index (χ0) is 21.9. The van der Waals surface area contributed by atoms with E-state index in [1.807, 2.05) is 16.7 Å². The molecule has 3 saturated heterocycles. The van der Waals surface area contributed by atoms with Gasteiger partial charge in [0.2, 0.25) is 11.8 Å². The van der Waals surface area contributed by atoms with E-state index in [4.69, 9.17) is 0 Å². The van der Waals surface area contributed by atoms with Crippen LogP contribution >= 0.6 is 0 Å². The highest BCUT2D eigenvalue weighted by molar-refractivity contribution is 5.86. The SMILES string of the molecule is CC[C@@H](c1ccc(F)cc1)N1C(=O)[C@H]2C[C@@H]1CN2C[C@H](C)C(=O)N1C2C[C@H]2C[C@H]1C#N. The average Bonchev–Trinajstić information content (AvgIpc) is 3.10. The van der Waals surface area contributed by atoms with Gasteiger partial charge in [-0.25, -0.2) is 4.39 Å². The lowest BCUT2D eigenvalue weighted by Crippen LogP contribution is -2.53. The third-order valence-electron chi connectivity index (χ3n) is 7.73. The van der Waals surface area contributed by atoms with E-state index in [0.717, 1.165) is 37.8 Å². The standard InChI is InChI=1S/C24H29FN4O2/c1-3-20(15-4-6-17(25)7-5-15)29-19-10-22(24(29)31)27(13-19)12-14(2)23(30)28-18(11-26)8-16-9-21(16)28/h4-7,14,16,18-22H,3,8-10,12-13H2,1-2H3/t14-,16+,18-,19+,20-,21?,22+/m0/s1. The summed E-state index contributed by atoms with van der Waals surface area (Å²) in [4.78, 5) is 32.3. The van der Waals surface area contributed by atoms with Crippen molar-refractivity contribution in [3.05, 3.63) is 35.6 Å². The van der Waals surface area contributed by atoms with Crippen molar-refractivity contribution in [1.29, 1.82) is 5.26 Å². The maximum Gasteiger partial charge on any atom is 0.240 e. The molecule has 3 aliphatic heterocycles. The summed E-state index contributed by atoms with van der Waals surface area (Å²) in [6.07, 6.45) is 3.40. The molecule has 0 radical (unpaired) electrons. The molecule has 1 unspecified atom stereocenters. The Morgan fingerprint density at radius 2 is 2.00 bits per heavy atom. The molecule has 7 heteroatoms. The van der Waals surface area contributed by atoms with Gasteiger partial charge in [-0.3, -0.25) is 14.5 Å². The number of nitriles is 1. The van der Waals surface area contributed by atoms with Crippen LogP contribution in [0.25, 0.3) is 0 Å². The van der Waals surface area contributed by atoms with Gasteiger partial charge in [0.25, 0.3) is 0 Å². The van der Waals surface area contributed by atoms with Crippen LogP contribution in [0.3, 0.4) is 0 Å². The van der Waals surface area contributed by atoms with Crippen molar-refractivity contribution in [2.45, 2.75) is 69.7 Å². The van der Waals surface area contributed by atoms with Crippen LogP contribution in [0.5, 0.6) is 0 Å². The summed E-state index contributed by atoms with van der Waals surface area (Å²) in [6.45, 7) is 5.30. The van der Waals surface area contributed by atoms with Gasteiger partial charge in [0.15, 0.2) is 0 Å². The van der Waals surface area contributed by atoms with Crippen LogP contribution in [0, 0.1) is 29.0 Å². The molecule has 0 N–H and O–H groups in total. The number of amides is 2. The van der Waals surface area contributed by atoms with E-state index in [9.17, 15) is 19.2 Å². The lowest BCUT2D eigenvalue weighted by molar-refractivity contribution is -0.142. The minimum absolute atomic E-state index is 0.0444. The van der Waals surface area contributed by atoms with Gasteiger partial charge < -0.3 is 9.80 Å². The first-order valence-electron chi connectivity index (χ1n) is 11.5. The normalized spacial score (nSPS) is 33.4. The predicted molar refractivity (Wildman–Crippen MR) is 112 cm³/mol. The third kappa shape index (κ3) is 3.32. The van der Waals surface area contributed by atoms with Crippen molar-refractivity contribution in [1.82, 2.24) is 14.7 Å². The number of piperidine rings is 1. The fourth-order valence-electron chi connectivity index (χ4n) is 6.15. The van der Waals surface area contributed by atoms with Gasteiger partial charge in [0.1, 0.15) is 11.9 Å². The van der Waals surface area contributed by atoms with Crippen LogP contribution in [0.15, 0.2) is 24.3 Å². The number of benzene rings is 1. The van der Waals surface area contributed by atoms with E-state index < -0.39 is 0 Å². The zero-order valence-electron chi connectivity index (χ0n) is 18.1. The number of hydrogen-bond acceptors (Lipinski definition) is 4. The lowest BCUT2D eigenvalue weighted by Gasteiger charge is -2.39. The number of halogens is 1. The molecule has 2 bridgehead atoms. The maximum absolute atomic E-state index is 13.3. The number of carbonyl (C=O) groups is 2. The number of hydrogen-bond donors (Lipinski definition) is 0. The molecule has 164 valence electrons. The summed E-state index contributed by atoms with van der Waals surface area (Å²) in [6, 6.07) is 8.60. The van der Waals surface area contributed by atoms with Gasteiger partial charge in [-0.2, -0.15) is 5.26 Å². The number of piperazine rings is 1. The molecule has 1 saturated carbocycles. The van der Waals surface area contributed by atoms with Crippen LogP contribution in [0.4, 0.5) is 4.39 Å². The molecule has 4 fully saturated rings. The van der Waals surface area contributed by atoms with Crippen molar-refractivity contribution in [2.75, 3.05) is 13.1 Å². The van der Waals surface area contributed by atoms with E-state index in [1.165, 1.54) is 12.1 Å². The van der Waals surface area contributed by atoms with E-state index in [0.29, 0.717) is 12.5 Å². The Morgan fingerprint density at radius 3 is 2.65 bits per heavy atom. The van der Waals surface area contributed by atoms with Gasteiger partial charge >= 0.3 is 0 Å². The third-order valence-corrected chi connectivity index (χ3v) is 7.73. The molecule has 1 aromatic carbocycles. The Labute approximate surface area is 182 Å². The highest BCUT2D eigenvalue weighted by Gasteiger charge is 2.56. The van der Waals surface area contributed by atoms with Gasteiger partial charge in [0.05, 0.1) is 18.2 Å². The summed E-state index contributed by atoms with van der Waals surface area (Å²) >= 11 is 0. The molecule has 4 aliphatic rings. The second-order valence-electron chi connectivity index (χ2n) is 9.67. The average molecular weight is 425 g/mol. The molecule has 5 rings (SSSR count). The minimum Gasteiger partial charge on any atom is -0.330 e. The molecule has 0 aromatic heterocycles. The van der Waals surface area contributed by atoms with Crippen molar-refractivity contribution < 1.29 is 14.0 Å². The molecular weight excluding hydrogens is 395 g/mol. The van der Waals surface area contributed by atoms with Crippen molar-refractivity contribution in [2.24, 2.45) is 11.8 Å². The van der Waals surface area contributed by atoms with E-state index >= 15 is 0 Å². The fourth-order valence-corrected chi connectivity index (χ4v) is 6.15. The summed E-state index contributed by atoms with van der Waals surface area (Å²) in [5, 5.41) is 9.40. The molecule has 6 nitrogen and oxygen atoms in total. The second-order valence-corrected chi connectivity index (χ2v) is 9.67. The lowest BCUT2D eigenvalue weighted by atomic mass is 10.0. The first kappa shape index (κ1) is 20.4. The maximum atomic E-state index is 13.3. The number of likely N-dealkylation sites (tertiary alicyclic amines) is 3. The monoisotopic (exact) mass is 424 g/mol. The topological polar surface area (TPSA) is 67.7 Å². The fraction of sp³-hybridized carbons (Fsp3) is 0.625. The Morgan fingerprint density at radius 1 is 1.26 bits per heavy atom. The minimum atomic E-state index is -0.285. The highest BCUT2D eigenvalue weighted by Crippen LogP contribution is 2.48. The molecule has 0 spiro atoms. The molecule has 3 heterocycles. The summed E-state index contributed by atoms with van der Waals surface area (Å²) in [7, 11) is 0. The molecule has 31 heavy (non-hydrogen) atoms. The summed E-state index contributed by atoms with van der Waals surface area (Å²) in [5.41, 5.74) is 0.968. The van der Waals surface area contributed by atoms with Gasteiger partial charge in [-0.05, 0) is 49.3 Å². The zero-order valence-corrected chi connectivity index (χ0v) is 18.1. The Bertz CT molecular complexity index is 929. The van der Waals surface area contributed by atoms with Crippen molar-refractivity contribution in [3.8, 4) is 6.07 Å². The predicted octanol–water partition coefficient (Wildman–Crippen LogP) is 2.71. The van der Waals surface area contributed by atoms with Gasteiger partial charge in [-0.15, -0.1) is 0 Å².